The first-order valence-corrected chi connectivity index (χ1v) is 6.16. The van der Waals surface area contributed by atoms with Gasteiger partial charge in [-0.2, -0.15) is 0 Å². The van der Waals surface area contributed by atoms with Crippen molar-refractivity contribution in [3.63, 3.8) is 0 Å². The number of hydrogen-bond donors (Lipinski definition) is 2. The van der Waals surface area contributed by atoms with Gasteiger partial charge in [-0.15, -0.1) is 0 Å². The van der Waals surface area contributed by atoms with Gasteiger partial charge in [0.2, 0.25) is 0 Å². The van der Waals surface area contributed by atoms with E-state index in [1.165, 1.54) is 6.92 Å². The molecule has 0 spiro atoms. The van der Waals surface area contributed by atoms with Crippen LogP contribution in [0.3, 0.4) is 0 Å². The van der Waals surface area contributed by atoms with Crippen LogP contribution in [0.25, 0.3) is 0 Å². The number of nitrogens with one attached hydrogen (secondary N) is 1. The molecule has 0 bridgehead atoms. The molecule has 4 nitrogen and oxygen atoms in total. The van der Waals surface area contributed by atoms with E-state index in [-0.39, 0.29) is 25.8 Å². The standard InChI is InChI=1S/C7H13NO3SSe/c1-3-11-7(10)6(4-12)8-13-5(2)9/h6,8,12H,3-4H2,1-2H3. The van der Waals surface area contributed by atoms with Crippen molar-refractivity contribution >= 4 is 38.5 Å². The van der Waals surface area contributed by atoms with E-state index >= 15 is 0 Å². The molecule has 6 heteroatoms. The van der Waals surface area contributed by atoms with Crippen LogP contribution in [0.5, 0.6) is 0 Å². The van der Waals surface area contributed by atoms with Crippen LogP contribution in [0.15, 0.2) is 0 Å². The van der Waals surface area contributed by atoms with Gasteiger partial charge in [0.05, 0.1) is 0 Å². The summed E-state index contributed by atoms with van der Waals surface area (Å²) in [5, 5.41) is 0. The van der Waals surface area contributed by atoms with Gasteiger partial charge in [0.1, 0.15) is 0 Å². The van der Waals surface area contributed by atoms with Gasteiger partial charge >= 0.3 is 89.4 Å². The number of esters is 1. The molecule has 0 radical (unpaired) electrons. The number of rotatable bonds is 6. The van der Waals surface area contributed by atoms with Crippen molar-refractivity contribution in [2.24, 2.45) is 0 Å². The van der Waals surface area contributed by atoms with Gasteiger partial charge in [0, 0.05) is 0 Å². The zero-order chi connectivity index (χ0) is 10.3. The Hall–Kier alpha value is -0.0305. The van der Waals surface area contributed by atoms with E-state index in [0.717, 1.165) is 0 Å². The molecule has 0 aromatic rings. The summed E-state index contributed by atoms with van der Waals surface area (Å²) in [7, 11) is 0. The van der Waals surface area contributed by atoms with Gasteiger partial charge in [-0.25, -0.2) is 0 Å². The van der Waals surface area contributed by atoms with E-state index in [4.69, 9.17) is 4.74 Å². The molecule has 0 rings (SSSR count). The van der Waals surface area contributed by atoms with Gasteiger partial charge in [-0.05, 0) is 0 Å². The third kappa shape index (κ3) is 6.10. The Morgan fingerprint density at radius 1 is 1.62 bits per heavy atom. The quantitative estimate of drug-likeness (QED) is 0.392. The van der Waals surface area contributed by atoms with Crippen molar-refractivity contribution in [3.8, 4) is 0 Å². The van der Waals surface area contributed by atoms with E-state index in [2.05, 4.69) is 17.0 Å². The van der Waals surface area contributed by atoms with Crippen molar-refractivity contribution < 1.29 is 14.3 Å². The summed E-state index contributed by atoms with van der Waals surface area (Å²) in [4.78, 5) is 21.8. The summed E-state index contributed by atoms with van der Waals surface area (Å²) in [6.45, 7) is 3.56. The monoisotopic (exact) mass is 271 g/mol. The molecule has 0 aromatic heterocycles. The van der Waals surface area contributed by atoms with Crippen LogP contribution < -0.4 is 4.33 Å². The average molecular weight is 270 g/mol. The fraction of sp³-hybridized carbons (Fsp3) is 0.714. The predicted octanol–water partition coefficient (Wildman–Crippen LogP) is -0.397. The Labute approximate surface area is 89.6 Å². The second-order valence-electron chi connectivity index (χ2n) is 2.20. The molecule has 0 aliphatic heterocycles. The minimum absolute atomic E-state index is 0.0450. The Morgan fingerprint density at radius 2 is 2.23 bits per heavy atom. The topological polar surface area (TPSA) is 55.4 Å². The molecule has 1 unspecified atom stereocenters. The van der Waals surface area contributed by atoms with Crippen LogP contribution in [0, 0.1) is 0 Å². The summed E-state index contributed by atoms with van der Waals surface area (Å²) in [6, 6.07) is -0.466. The molecule has 0 aliphatic carbocycles. The molecular weight excluding hydrogens is 257 g/mol. The number of hydrogen-bond acceptors (Lipinski definition) is 5. The molecule has 0 fully saturated rings. The maximum atomic E-state index is 11.2. The summed E-state index contributed by atoms with van der Waals surface area (Å²) in [6.07, 6.45) is 0. The molecule has 1 atom stereocenters. The molecule has 13 heavy (non-hydrogen) atoms. The molecule has 1 N–H and O–H groups in total. The summed E-state index contributed by atoms with van der Waals surface area (Å²) in [5.41, 5.74) is 0. The molecular formula is C7H13NO3SSe. The zero-order valence-corrected chi connectivity index (χ0v) is 10.2. The second-order valence-corrected chi connectivity index (χ2v) is 4.69. The van der Waals surface area contributed by atoms with Gasteiger partial charge in [-0.1, -0.05) is 0 Å². The first kappa shape index (κ1) is 13.0. The molecule has 76 valence electrons. The Balaban J connectivity index is 3.87. The molecule has 0 heterocycles. The van der Waals surface area contributed by atoms with Crippen LogP contribution in [-0.2, 0) is 14.3 Å². The molecule has 0 aromatic carbocycles. The number of carbonyl (C=O) groups is 2. The molecule has 0 saturated heterocycles. The van der Waals surface area contributed by atoms with Crippen molar-refractivity contribution in [1.82, 2.24) is 4.33 Å². The molecule has 0 amide bonds. The maximum absolute atomic E-state index is 11.2. The number of thiol groups is 1. The van der Waals surface area contributed by atoms with Crippen molar-refractivity contribution in [2.45, 2.75) is 19.9 Å². The second kappa shape index (κ2) is 7.38. The van der Waals surface area contributed by atoms with Gasteiger partial charge in [0.25, 0.3) is 0 Å². The van der Waals surface area contributed by atoms with Crippen molar-refractivity contribution in [3.05, 3.63) is 0 Å². The van der Waals surface area contributed by atoms with Crippen molar-refractivity contribution in [2.75, 3.05) is 12.4 Å². The fourth-order valence-electron chi connectivity index (χ4n) is 0.557. The summed E-state index contributed by atoms with van der Waals surface area (Å²) < 4.78 is 7.64. The summed E-state index contributed by atoms with van der Waals surface area (Å²) >= 11 is 3.62. The van der Waals surface area contributed by atoms with E-state index < -0.39 is 6.04 Å². The third-order valence-electron chi connectivity index (χ3n) is 1.10. The average Bonchev–Trinajstić information content (AvgIpc) is 2.05. The third-order valence-corrected chi connectivity index (χ3v) is 2.91. The summed E-state index contributed by atoms with van der Waals surface area (Å²) in [5.74, 6) is -0.00551. The van der Waals surface area contributed by atoms with Gasteiger partial charge in [0.15, 0.2) is 0 Å². The van der Waals surface area contributed by atoms with E-state index in [9.17, 15) is 9.59 Å². The Bertz CT molecular complexity index is 189. The minimum atomic E-state index is -0.466. The molecule has 0 aliphatic rings. The zero-order valence-electron chi connectivity index (χ0n) is 7.57. The Kier molecular flexibility index (Phi) is 7.36. The first-order chi connectivity index (χ1) is 6.11. The van der Waals surface area contributed by atoms with Crippen LogP contribution in [0.2, 0.25) is 0 Å². The van der Waals surface area contributed by atoms with Gasteiger partial charge < -0.3 is 0 Å². The van der Waals surface area contributed by atoms with Crippen LogP contribution in [0.1, 0.15) is 13.8 Å². The van der Waals surface area contributed by atoms with E-state index in [0.29, 0.717) is 12.4 Å². The number of carbonyl (C=O) groups excluding carboxylic acids is 2. The molecule has 0 saturated carbocycles. The van der Waals surface area contributed by atoms with E-state index in [1.807, 2.05) is 0 Å². The Morgan fingerprint density at radius 3 is 2.62 bits per heavy atom. The van der Waals surface area contributed by atoms with Crippen molar-refractivity contribution in [1.29, 1.82) is 0 Å². The first-order valence-electron chi connectivity index (χ1n) is 3.82. The van der Waals surface area contributed by atoms with Crippen LogP contribution >= 0.6 is 12.6 Å². The van der Waals surface area contributed by atoms with Crippen LogP contribution in [-0.4, -0.2) is 44.2 Å². The van der Waals surface area contributed by atoms with Crippen LogP contribution in [0.4, 0.5) is 0 Å². The predicted molar refractivity (Wildman–Crippen MR) is 53.8 cm³/mol. The SMILES string of the molecule is CCOC(=O)C(CS)N[Se]C(C)=O. The fourth-order valence-corrected chi connectivity index (χ4v) is 2.10. The van der Waals surface area contributed by atoms with Gasteiger partial charge in [-0.3, -0.25) is 0 Å². The number of ether oxygens (including phenoxy) is 1. The van der Waals surface area contributed by atoms with E-state index in [1.54, 1.807) is 6.92 Å². The normalized spacial score (nSPS) is 12.2.